The fourth-order valence-electron chi connectivity index (χ4n) is 2.22. The standard InChI is InChI=1S/C17H20N4O2/c1-5-7-13(18-6-2)16(22)20-15-8-11-10-19-21-14(11)9-12(15)17(3,4)23/h5-10,23H,1H2,2-4H3,(H,19,21)(H,20,22)/b13-7-,18-6-. The molecule has 0 spiro atoms. The van der Waals surface area contributed by atoms with Crippen molar-refractivity contribution in [1.29, 1.82) is 0 Å². The Labute approximate surface area is 134 Å². The van der Waals surface area contributed by atoms with Crippen LogP contribution in [0.5, 0.6) is 0 Å². The van der Waals surface area contributed by atoms with Crippen LogP contribution >= 0.6 is 0 Å². The van der Waals surface area contributed by atoms with Crippen LogP contribution in [0, 0.1) is 0 Å². The largest absolute Gasteiger partial charge is 0.386 e. The molecular weight excluding hydrogens is 292 g/mol. The van der Waals surface area contributed by atoms with Crippen LogP contribution in [-0.2, 0) is 10.4 Å². The molecule has 2 rings (SSSR count). The molecule has 0 aliphatic carbocycles. The Morgan fingerprint density at radius 2 is 2.22 bits per heavy atom. The van der Waals surface area contributed by atoms with Crippen molar-refractivity contribution in [2.75, 3.05) is 5.32 Å². The van der Waals surface area contributed by atoms with E-state index in [-0.39, 0.29) is 11.6 Å². The van der Waals surface area contributed by atoms with Crippen LogP contribution in [0.15, 0.2) is 47.7 Å². The zero-order chi connectivity index (χ0) is 17.0. The number of amides is 1. The number of fused-ring (bicyclic) bond motifs is 1. The van der Waals surface area contributed by atoms with Gasteiger partial charge >= 0.3 is 0 Å². The summed E-state index contributed by atoms with van der Waals surface area (Å²) in [6.45, 7) is 8.62. The van der Waals surface area contributed by atoms with Crippen LogP contribution in [-0.4, -0.2) is 27.4 Å². The van der Waals surface area contributed by atoms with Gasteiger partial charge in [0.15, 0.2) is 0 Å². The van der Waals surface area contributed by atoms with Gasteiger partial charge in [0.2, 0.25) is 0 Å². The number of rotatable bonds is 5. The molecule has 0 fully saturated rings. The van der Waals surface area contributed by atoms with Gasteiger partial charge in [-0.3, -0.25) is 14.9 Å². The van der Waals surface area contributed by atoms with Crippen molar-refractivity contribution in [1.82, 2.24) is 10.2 Å². The van der Waals surface area contributed by atoms with Gasteiger partial charge in [-0.15, -0.1) is 0 Å². The van der Waals surface area contributed by atoms with E-state index in [0.717, 1.165) is 10.9 Å². The molecule has 1 heterocycles. The monoisotopic (exact) mass is 312 g/mol. The minimum absolute atomic E-state index is 0.233. The van der Waals surface area contributed by atoms with E-state index in [0.29, 0.717) is 11.3 Å². The zero-order valence-corrected chi connectivity index (χ0v) is 13.4. The van der Waals surface area contributed by atoms with Gasteiger partial charge in [-0.25, -0.2) is 0 Å². The maximum Gasteiger partial charge on any atom is 0.274 e. The number of aromatic amines is 1. The molecule has 3 N–H and O–H groups in total. The molecule has 120 valence electrons. The second-order valence-corrected chi connectivity index (χ2v) is 5.54. The number of hydrogen-bond donors (Lipinski definition) is 3. The summed E-state index contributed by atoms with van der Waals surface area (Å²) in [5, 5.41) is 20.8. The number of aliphatic hydroxyl groups is 1. The molecule has 6 heteroatoms. The van der Waals surface area contributed by atoms with Gasteiger partial charge in [-0.05, 0) is 39.0 Å². The highest BCUT2D eigenvalue weighted by molar-refractivity contribution is 6.05. The van der Waals surface area contributed by atoms with E-state index in [1.807, 2.05) is 0 Å². The predicted molar refractivity (Wildman–Crippen MR) is 92.4 cm³/mol. The highest BCUT2D eigenvalue weighted by Gasteiger charge is 2.23. The first-order valence-corrected chi connectivity index (χ1v) is 7.19. The summed E-state index contributed by atoms with van der Waals surface area (Å²) in [6.07, 6.45) is 6.21. The van der Waals surface area contributed by atoms with Gasteiger partial charge in [0, 0.05) is 22.9 Å². The Kier molecular flexibility index (Phi) is 4.76. The van der Waals surface area contributed by atoms with E-state index in [1.54, 1.807) is 39.1 Å². The summed E-state index contributed by atoms with van der Waals surface area (Å²) in [5.41, 5.74) is 0.988. The summed E-state index contributed by atoms with van der Waals surface area (Å²) in [7, 11) is 0. The first-order chi connectivity index (χ1) is 10.9. The molecule has 0 saturated carbocycles. The molecule has 6 nitrogen and oxygen atoms in total. The van der Waals surface area contributed by atoms with Gasteiger partial charge in [-0.2, -0.15) is 5.10 Å². The second kappa shape index (κ2) is 6.58. The molecule has 0 radical (unpaired) electrons. The molecule has 0 atom stereocenters. The topological polar surface area (TPSA) is 90.4 Å². The summed E-state index contributed by atoms with van der Waals surface area (Å²) in [6, 6.07) is 3.54. The van der Waals surface area contributed by atoms with Gasteiger partial charge < -0.3 is 10.4 Å². The Morgan fingerprint density at radius 3 is 2.83 bits per heavy atom. The number of allylic oxidation sites excluding steroid dienone is 2. The van der Waals surface area contributed by atoms with Crippen LogP contribution in [0.25, 0.3) is 10.9 Å². The Hall–Kier alpha value is -2.73. The average molecular weight is 312 g/mol. The van der Waals surface area contributed by atoms with Crippen LogP contribution in [0.1, 0.15) is 26.3 Å². The summed E-state index contributed by atoms with van der Waals surface area (Å²) in [4.78, 5) is 16.4. The summed E-state index contributed by atoms with van der Waals surface area (Å²) in [5.74, 6) is -0.378. The Bertz CT molecular complexity index is 795. The second-order valence-electron chi connectivity index (χ2n) is 5.54. The maximum atomic E-state index is 12.4. The number of nitrogens with one attached hydrogen (secondary N) is 2. The molecule has 0 aliphatic rings. The fraction of sp³-hybridized carbons (Fsp3) is 0.235. The normalized spacial score (nSPS) is 12.8. The smallest absolute Gasteiger partial charge is 0.274 e. The minimum Gasteiger partial charge on any atom is -0.386 e. The molecule has 0 unspecified atom stereocenters. The number of nitrogens with zero attached hydrogens (tertiary/aromatic N) is 2. The summed E-state index contributed by atoms with van der Waals surface area (Å²) < 4.78 is 0. The van der Waals surface area contributed by atoms with Gasteiger partial charge in [0.1, 0.15) is 5.70 Å². The number of hydrogen-bond acceptors (Lipinski definition) is 4. The molecule has 1 aromatic carbocycles. The number of benzene rings is 1. The van der Waals surface area contributed by atoms with Crippen molar-refractivity contribution >= 4 is 28.7 Å². The fourth-order valence-corrected chi connectivity index (χ4v) is 2.22. The molecule has 0 bridgehead atoms. The van der Waals surface area contributed by atoms with Crippen LogP contribution in [0.3, 0.4) is 0 Å². The number of H-pyrrole nitrogens is 1. The molecule has 1 aromatic heterocycles. The number of carbonyl (C=O) groups excluding carboxylic acids is 1. The van der Waals surface area contributed by atoms with E-state index < -0.39 is 5.60 Å². The van der Waals surface area contributed by atoms with Crippen molar-refractivity contribution in [3.05, 3.63) is 48.3 Å². The SMILES string of the molecule is C=C/C=C(\N=C/C)C(=O)Nc1cc2cn[nH]c2cc1C(C)(C)O. The van der Waals surface area contributed by atoms with Crippen LogP contribution in [0.4, 0.5) is 5.69 Å². The van der Waals surface area contributed by atoms with E-state index in [9.17, 15) is 9.90 Å². The molecular formula is C17H20N4O2. The van der Waals surface area contributed by atoms with Crippen molar-refractivity contribution in [2.24, 2.45) is 4.99 Å². The van der Waals surface area contributed by atoms with Crippen molar-refractivity contribution in [3.8, 4) is 0 Å². The number of aromatic nitrogens is 2. The molecule has 0 aliphatic heterocycles. The van der Waals surface area contributed by atoms with E-state index in [2.05, 4.69) is 27.1 Å². The number of carbonyl (C=O) groups is 1. The third-order valence-electron chi connectivity index (χ3n) is 3.26. The van der Waals surface area contributed by atoms with Crippen molar-refractivity contribution in [2.45, 2.75) is 26.4 Å². The van der Waals surface area contributed by atoms with Gasteiger partial charge in [0.05, 0.1) is 17.3 Å². The quantitative estimate of drug-likeness (QED) is 0.450. The van der Waals surface area contributed by atoms with Crippen LogP contribution in [0.2, 0.25) is 0 Å². The minimum atomic E-state index is -1.13. The van der Waals surface area contributed by atoms with E-state index >= 15 is 0 Å². The van der Waals surface area contributed by atoms with Crippen molar-refractivity contribution in [3.63, 3.8) is 0 Å². The number of aliphatic imine (C=N–C) groups is 1. The molecule has 0 saturated heterocycles. The van der Waals surface area contributed by atoms with Crippen molar-refractivity contribution < 1.29 is 9.90 Å². The lowest BCUT2D eigenvalue weighted by Crippen LogP contribution is -2.21. The third kappa shape index (κ3) is 3.73. The first-order valence-electron chi connectivity index (χ1n) is 7.19. The summed E-state index contributed by atoms with van der Waals surface area (Å²) >= 11 is 0. The van der Waals surface area contributed by atoms with Gasteiger partial charge in [-0.1, -0.05) is 12.7 Å². The zero-order valence-electron chi connectivity index (χ0n) is 13.4. The molecule has 2 aromatic rings. The van der Waals surface area contributed by atoms with Gasteiger partial charge in [0.25, 0.3) is 5.91 Å². The Balaban J connectivity index is 2.47. The van der Waals surface area contributed by atoms with E-state index in [1.165, 1.54) is 18.4 Å². The lowest BCUT2D eigenvalue weighted by atomic mass is 9.95. The van der Waals surface area contributed by atoms with E-state index in [4.69, 9.17) is 0 Å². The molecule has 23 heavy (non-hydrogen) atoms. The predicted octanol–water partition coefficient (Wildman–Crippen LogP) is 2.89. The van der Waals surface area contributed by atoms with Crippen LogP contribution < -0.4 is 5.32 Å². The highest BCUT2D eigenvalue weighted by atomic mass is 16.3. The average Bonchev–Trinajstić information content (AvgIpc) is 2.92. The molecule has 1 amide bonds. The Morgan fingerprint density at radius 1 is 1.48 bits per heavy atom. The maximum absolute atomic E-state index is 12.4. The lowest BCUT2D eigenvalue weighted by Gasteiger charge is -2.22. The lowest BCUT2D eigenvalue weighted by molar-refractivity contribution is -0.112. The first kappa shape index (κ1) is 16.6. The number of anilines is 1. The highest BCUT2D eigenvalue weighted by Crippen LogP contribution is 2.31. The third-order valence-corrected chi connectivity index (χ3v) is 3.26.